The zero-order valence-electron chi connectivity index (χ0n) is 14.8. The molecule has 2 heterocycles. The Balaban J connectivity index is 1.88. The molecule has 0 saturated heterocycles. The number of anilines is 2. The van der Waals surface area contributed by atoms with E-state index in [0.717, 1.165) is 5.56 Å². The van der Waals surface area contributed by atoms with Crippen molar-refractivity contribution in [2.24, 2.45) is 0 Å². The lowest BCUT2D eigenvalue weighted by molar-refractivity contribution is 0.413. The first-order valence-electron chi connectivity index (χ1n) is 7.94. The van der Waals surface area contributed by atoms with Crippen molar-refractivity contribution in [3.8, 4) is 17.0 Å². The minimum atomic E-state index is -2.65. The second-order valence-corrected chi connectivity index (χ2v) is 8.23. The van der Waals surface area contributed by atoms with E-state index in [4.69, 9.17) is 9.52 Å². The number of benzene rings is 1. The van der Waals surface area contributed by atoms with E-state index in [1.807, 2.05) is 0 Å². The quantitative estimate of drug-likeness (QED) is 0.670. The third-order valence-electron chi connectivity index (χ3n) is 3.60. The Bertz CT molecular complexity index is 1070. The molecule has 2 aromatic heterocycles. The van der Waals surface area contributed by atoms with Crippen molar-refractivity contribution in [1.29, 1.82) is 4.78 Å². The Morgan fingerprint density at radius 3 is 2.70 bits per heavy atom. The number of ether oxygens (including phenoxy) is 1. The van der Waals surface area contributed by atoms with Gasteiger partial charge >= 0.3 is 0 Å². The predicted octanol–water partition coefficient (Wildman–Crippen LogP) is 3.61. The predicted molar refractivity (Wildman–Crippen MR) is 102 cm³/mol. The summed E-state index contributed by atoms with van der Waals surface area (Å²) in [6, 6.07) is 9.32. The highest BCUT2D eigenvalue weighted by Gasteiger charge is 2.10. The summed E-state index contributed by atoms with van der Waals surface area (Å²) in [7, 11) is -1.19. The molecule has 140 valence electrons. The van der Waals surface area contributed by atoms with Crippen LogP contribution in [-0.2, 0) is 15.5 Å². The van der Waals surface area contributed by atoms with Crippen molar-refractivity contribution in [1.82, 2.24) is 15.0 Å². The van der Waals surface area contributed by atoms with E-state index in [1.165, 1.54) is 25.5 Å². The molecule has 1 atom stereocenters. The second-order valence-electron chi connectivity index (χ2n) is 5.93. The van der Waals surface area contributed by atoms with Crippen molar-refractivity contribution >= 4 is 21.5 Å². The molecule has 1 aromatic carbocycles. The van der Waals surface area contributed by atoms with Gasteiger partial charge in [0.1, 0.15) is 17.4 Å². The number of halogens is 1. The normalized spacial score (nSPS) is 13.0. The van der Waals surface area contributed by atoms with Gasteiger partial charge in [0.05, 0.1) is 18.6 Å². The average molecular weight is 387 g/mol. The molecule has 1 unspecified atom stereocenters. The van der Waals surface area contributed by atoms with Gasteiger partial charge in [0.15, 0.2) is 0 Å². The number of nitrogens with zero attached hydrogens (tertiary/aromatic N) is 3. The van der Waals surface area contributed by atoms with Crippen LogP contribution in [0.2, 0.25) is 0 Å². The lowest BCUT2D eigenvalue weighted by Crippen LogP contribution is -2.03. The van der Waals surface area contributed by atoms with Crippen molar-refractivity contribution in [2.45, 2.75) is 5.75 Å². The lowest BCUT2D eigenvalue weighted by Gasteiger charge is -2.10. The molecule has 3 rings (SSSR count). The minimum Gasteiger partial charge on any atom is -0.496 e. The smallest absolute Gasteiger partial charge is 0.228 e. The van der Waals surface area contributed by atoms with Crippen molar-refractivity contribution in [3.05, 3.63) is 60.2 Å². The van der Waals surface area contributed by atoms with Crippen LogP contribution in [0.5, 0.6) is 5.75 Å². The van der Waals surface area contributed by atoms with Crippen molar-refractivity contribution in [3.63, 3.8) is 0 Å². The van der Waals surface area contributed by atoms with Crippen molar-refractivity contribution in [2.75, 3.05) is 18.7 Å². The molecule has 3 aromatic rings. The summed E-state index contributed by atoms with van der Waals surface area (Å²) >= 11 is 0. The molecule has 0 spiro atoms. The fourth-order valence-corrected chi connectivity index (χ4v) is 3.33. The topological polar surface area (TPSA) is 101 Å². The van der Waals surface area contributed by atoms with Gasteiger partial charge in [-0.2, -0.15) is 0 Å². The number of aromatic nitrogens is 3. The molecule has 0 amide bonds. The fourth-order valence-electron chi connectivity index (χ4n) is 2.51. The maximum atomic E-state index is 13.4. The lowest BCUT2D eigenvalue weighted by atomic mass is 10.1. The van der Waals surface area contributed by atoms with Crippen molar-refractivity contribution < 1.29 is 13.3 Å². The minimum absolute atomic E-state index is 0.137. The van der Waals surface area contributed by atoms with Gasteiger partial charge in [-0.05, 0) is 35.9 Å². The third kappa shape index (κ3) is 4.98. The second kappa shape index (κ2) is 7.67. The zero-order valence-corrected chi connectivity index (χ0v) is 15.6. The van der Waals surface area contributed by atoms with Gasteiger partial charge < -0.3 is 10.1 Å². The molecule has 0 aliphatic carbocycles. The summed E-state index contributed by atoms with van der Waals surface area (Å²) < 4.78 is 37.9. The maximum Gasteiger partial charge on any atom is 0.228 e. The number of rotatable bonds is 6. The van der Waals surface area contributed by atoms with Gasteiger partial charge in [-0.1, -0.05) is 0 Å². The highest BCUT2D eigenvalue weighted by molar-refractivity contribution is 7.90. The molecule has 0 fully saturated rings. The monoisotopic (exact) mass is 387 g/mol. The molecule has 0 radical (unpaired) electrons. The molecular weight excluding hydrogens is 369 g/mol. The molecule has 0 aliphatic rings. The van der Waals surface area contributed by atoms with E-state index in [-0.39, 0.29) is 5.75 Å². The van der Waals surface area contributed by atoms with E-state index in [1.54, 1.807) is 36.7 Å². The van der Waals surface area contributed by atoms with Crippen LogP contribution >= 0.6 is 0 Å². The number of methoxy groups -OCH3 is 1. The average Bonchev–Trinajstić information content (AvgIpc) is 2.60. The van der Waals surface area contributed by atoms with E-state index >= 15 is 0 Å². The Kier molecular flexibility index (Phi) is 5.31. The largest absolute Gasteiger partial charge is 0.496 e. The summed E-state index contributed by atoms with van der Waals surface area (Å²) in [5, 5.41) is 2.99. The first-order valence-corrected chi connectivity index (χ1v) is 10.1. The molecule has 2 N–H and O–H groups in total. The molecule has 0 aliphatic heterocycles. The molecule has 0 saturated carbocycles. The highest BCUT2D eigenvalue weighted by atomic mass is 32.2. The van der Waals surface area contributed by atoms with Crippen LogP contribution in [0.4, 0.5) is 16.2 Å². The summed E-state index contributed by atoms with van der Waals surface area (Å²) in [6.07, 6.45) is 4.53. The molecule has 7 nitrogen and oxygen atoms in total. The first kappa shape index (κ1) is 18.7. The van der Waals surface area contributed by atoms with E-state index in [0.29, 0.717) is 28.8 Å². The van der Waals surface area contributed by atoms with Gasteiger partial charge in [-0.25, -0.2) is 23.6 Å². The summed E-state index contributed by atoms with van der Waals surface area (Å²) in [5.41, 5.74) is 1.92. The van der Waals surface area contributed by atoms with Crippen LogP contribution in [0.3, 0.4) is 0 Å². The van der Waals surface area contributed by atoms with E-state index in [9.17, 15) is 8.60 Å². The van der Waals surface area contributed by atoms with E-state index < -0.39 is 15.5 Å². The van der Waals surface area contributed by atoms with Gasteiger partial charge in [0, 0.05) is 40.0 Å². The van der Waals surface area contributed by atoms with Gasteiger partial charge in [-0.15, -0.1) is 0 Å². The zero-order chi connectivity index (χ0) is 19.4. The Morgan fingerprint density at radius 1 is 1.19 bits per heavy atom. The number of nitrogens with one attached hydrogen (secondary N) is 2. The van der Waals surface area contributed by atoms with Gasteiger partial charge in [0.2, 0.25) is 5.95 Å². The standard InChI is InChI=1S/C18H18FN5O2S/c1-26-16-10-13(19)3-4-14(16)15-6-8-22-18(23-15)24-17-9-12(5-7-21-17)11-27(2,20)25/h3-10,20H,11H2,1-2H3,(H,21,22,23,24). The summed E-state index contributed by atoms with van der Waals surface area (Å²) in [4.78, 5) is 12.8. The van der Waals surface area contributed by atoms with Crippen LogP contribution in [0.15, 0.2) is 48.8 Å². The van der Waals surface area contributed by atoms with Gasteiger partial charge in [-0.3, -0.25) is 4.78 Å². The highest BCUT2D eigenvalue weighted by Crippen LogP contribution is 2.29. The van der Waals surface area contributed by atoms with Crippen LogP contribution in [0, 0.1) is 10.6 Å². The van der Waals surface area contributed by atoms with Crippen LogP contribution < -0.4 is 10.1 Å². The SMILES string of the molecule is COc1cc(F)ccc1-c1ccnc(Nc2cc(CS(C)(=N)=O)ccn2)n1. The fraction of sp³-hybridized carbons (Fsp3) is 0.167. The maximum absolute atomic E-state index is 13.4. The number of pyridine rings is 1. The van der Waals surface area contributed by atoms with Crippen LogP contribution in [0.1, 0.15) is 5.56 Å². The number of hydrogen-bond donors (Lipinski definition) is 2. The van der Waals surface area contributed by atoms with Crippen LogP contribution in [0.25, 0.3) is 11.3 Å². The molecule has 9 heteroatoms. The summed E-state index contributed by atoms with van der Waals surface area (Å²) in [6.45, 7) is 0. The van der Waals surface area contributed by atoms with Crippen LogP contribution in [-0.4, -0.2) is 32.5 Å². The molecular formula is C18H18FN5O2S. The summed E-state index contributed by atoms with van der Waals surface area (Å²) in [5.74, 6) is 0.877. The van der Waals surface area contributed by atoms with Gasteiger partial charge in [0.25, 0.3) is 0 Å². The number of hydrogen-bond acceptors (Lipinski definition) is 7. The Morgan fingerprint density at radius 2 is 1.96 bits per heavy atom. The Hall–Kier alpha value is -3.07. The first-order chi connectivity index (χ1) is 12.8. The van der Waals surface area contributed by atoms with E-state index in [2.05, 4.69) is 20.3 Å². The molecule has 27 heavy (non-hydrogen) atoms. The third-order valence-corrected chi connectivity index (χ3v) is 4.49. The Labute approximate surface area is 156 Å². The molecule has 0 bridgehead atoms.